The van der Waals surface area contributed by atoms with Crippen molar-refractivity contribution < 1.29 is 32.3 Å². The van der Waals surface area contributed by atoms with Crippen LogP contribution in [0.15, 0.2) is 29.0 Å². The summed E-state index contributed by atoms with van der Waals surface area (Å²) in [6.07, 6.45) is -0.254. The van der Waals surface area contributed by atoms with E-state index in [1.807, 2.05) is 6.92 Å². The summed E-state index contributed by atoms with van der Waals surface area (Å²) >= 11 is 0. The zero-order valence-electron chi connectivity index (χ0n) is 16.9. The highest BCUT2D eigenvalue weighted by atomic mass is 19.4. The van der Waals surface area contributed by atoms with Crippen LogP contribution in [0.1, 0.15) is 41.6 Å². The number of hydrogen-bond acceptors (Lipinski definition) is 7. The monoisotopic (exact) mass is 438 g/mol. The van der Waals surface area contributed by atoms with Crippen molar-refractivity contribution in [1.29, 1.82) is 0 Å². The van der Waals surface area contributed by atoms with Crippen LogP contribution in [0.3, 0.4) is 0 Å². The third kappa shape index (κ3) is 5.04. The predicted molar refractivity (Wildman–Crippen MR) is 105 cm³/mol. The minimum absolute atomic E-state index is 0.0774. The van der Waals surface area contributed by atoms with Gasteiger partial charge in [0.1, 0.15) is 17.1 Å². The number of carboxylic acid groups (broad SMARTS) is 1. The maximum Gasteiger partial charge on any atom is 0.453 e. The van der Waals surface area contributed by atoms with E-state index in [-0.39, 0.29) is 16.6 Å². The average Bonchev–Trinajstić information content (AvgIpc) is 3.17. The molecule has 166 valence electrons. The highest BCUT2D eigenvalue weighted by Gasteiger charge is 2.38. The molecule has 0 fully saturated rings. The second-order valence-corrected chi connectivity index (χ2v) is 6.89. The SMILES string of the molecule is CCCc1c(OCCCN(C)c2cnc(C(=O)O)cn2)ccc2c(C(F)(F)F)onc12. The molecule has 0 aliphatic rings. The largest absolute Gasteiger partial charge is 0.493 e. The number of carboxylic acids is 1. The Morgan fingerprint density at radius 3 is 2.65 bits per heavy atom. The highest BCUT2D eigenvalue weighted by Crippen LogP contribution is 2.38. The van der Waals surface area contributed by atoms with Gasteiger partial charge in [0, 0.05) is 19.2 Å². The first-order chi connectivity index (χ1) is 14.7. The Balaban J connectivity index is 1.65. The Bertz CT molecular complexity index is 1050. The molecule has 0 spiro atoms. The Hall–Kier alpha value is -3.37. The molecule has 1 aromatic carbocycles. The third-order valence-electron chi connectivity index (χ3n) is 4.61. The molecule has 0 radical (unpaired) electrons. The number of benzene rings is 1. The normalized spacial score (nSPS) is 11.6. The minimum Gasteiger partial charge on any atom is -0.493 e. The molecule has 0 aliphatic carbocycles. The van der Waals surface area contributed by atoms with Gasteiger partial charge in [0.25, 0.3) is 0 Å². The van der Waals surface area contributed by atoms with Gasteiger partial charge in [-0.15, -0.1) is 0 Å². The van der Waals surface area contributed by atoms with Gasteiger partial charge < -0.3 is 19.3 Å². The van der Waals surface area contributed by atoms with Crippen LogP contribution in [-0.4, -0.2) is 46.4 Å². The van der Waals surface area contributed by atoms with Crippen molar-refractivity contribution in [3.05, 3.63) is 41.5 Å². The number of halogens is 3. The van der Waals surface area contributed by atoms with Gasteiger partial charge in [-0.1, -0.05) is 18.5 Å². The van der Waals surface area contributed by atoms with Gasteiger partial charge in [0.15, 0.2) is 5.69 Å². The Morgan fingerprint density at radius 1 is 1.26 bits per heavy atom. The van der Waals surface area contributed by atoms with Crippen molar-refractivity contribution in [2.45, 2.75) is 32.4 Å². The lowest BCUT2D eigenvalue weighted by molar-refractivity contribution is -0.154. The third-order valence-corrected chi connectivity index (χ3v) is 4.61. The summed E-state index contributed by atoms with van der Waals surface area (Å²) in [7, 11) is 1.78. The number of hydrogen-bond donors (Lipinski definition) is 1. The maximum absolute atomic E-state index is 13.1. The molecule has 1 N–H and O–H groups in total. The zero-order chi connectivity index (χ0) is 22.6. The number of nitrogens with zero attached hydrogens (tertiary/aromatic N) is 4. The fourth-order valence-electron chi connectivity index (χ4n) is 3.10. The number of rotatable bonds is 9. The van der Waals surface area contributed by atoms with Gasteiger partial charge in [-0.3, -0.25) is 0 Å². The highest BCUT2D eigenvalue weighted by molar-refractivity contribution is 5.86. The number of alkyl halides is 3. The molecular weight excluding hydrogens is 417 g/mol. The molecule has 0 saturated heterocycles. The summed E-state index contributed by atoms with van der Waals surface area (Å²) in [4.78, 5) is 20.5. The molecule has 0 saturated carbocycles. The molecule has 3 rings (SSSR count). The molecule has 31 heavy (non-hydrogen) atoms. The van der Waals surface area contributed by atoms with Crippen LogP contribution < -0.4 is 9.64 Å². The van der Waals surface area contributed by atoms with E-state index in [9.17, 15) is 18.0 Å². The molecule has 2 heterocycles. The first-order valence-electron chi connectivity index (χ1n) is 9.60. The molecule has 2 aromatic heterocycles. The summed E-state index contributed by atoms with van der Waals surface area (Å²) in [6.45, 7) is 2.78. The summed E-state index contributed by atoms with van der Waals surface area (Å²) in [5, 5.41) is 12.4. The Kier molecular flexibility index (Phi) is 6.62. The fraction of sp³-hybridized carbons (Fsp3) is 0.400. The van der Waals surface area contributed by atoms with Crippen LogP contribution in [0, 0.1) is 0 Å². The average molecular weight is 438 g/mol. The number of aryl methyl sites for hydroxylation is 1. The van der Waals surface area contributed by atoms with E-state index >= 15 is 0 Å². The summed E-state index contributed by atoms with van der Waals surface area (Å²) in [5.74, 6) is -1.27. The van der Waals surface area contributed by atoms with E-state index in [1.54, 1.807) is 11.9 Å². The van der Waals surface area contributed by atoms with Crippen LogP contribution in [0.25, 0.3) is 10.9 Å². The number of carbonyl (C=O) groups is 1. The Labute approximate surface area is 175 Å². The van der Waals surface area contributed by atoms with Crippen LogP contribution in [-0.2, 0) is 12.6 Å². The smallest absolute Gasteiger partial charge is 0.453 e. The fourth-order valence-corrected chi connectivity index (χ4v) is 3.10. The molecule has 0 atom stereocenters. The first kappa shape index (κ1) is 22.3. The summed E-state index contributed by atoms with van der Waals surface area (Å²) < 4.78 is 49.6. The minimum atomic E-state index is -4.61. The molecule has 0 aliphatic heterocycles. The van der Waals surface area contributed by atoms with E-state index in [4.69, 9.17) is 9.84 Å². The molecule has 8 nitrogen and oxygen atoms in total. The molecule has 11 heteroatoms. The second-order valence-electron chi connectivity index (χ2n) is 6.89. The maximum atomic E-state index is 13.1. The van der Waals surface area contributed by atoms with Crippen molar-refractivity contribution in [2.24, 2.45) is 0 Å². The van der Waals surface area contributed by atoms with E-state index in [0.717, 1.165) is 0 Å². The van der Waals surface area contributed by atoms with Crippen LogP contribution in [0.2, 0.25) is 0 Å². The topological polar surface area (TPSA) is 102 Å². The number of anilines is 1. The van der Waals surface area contributed by atoms with Gasteiger partial charge >= 0.3 is 12.1 Å². The lowest BCUT2D eigenvalue weighted by Crippen LogP contribution is -2.22. The molecule has 0 bridgehead atoms. The number of ether oxygens (including phenoxy) is 1. The van der Waals surface area contributed by atoms with Crippen molar-refractivity contribution in [2.75, 3.05) is 25.1 Å². The molecule has 0 unspecified atom stereocenters. The summed E-state index contributed by atoms with van der Waals surface area (Å²) in [6, 6.07) is 2.83. The quantitative estimate of drug-likeness (QED) is 0.496. The van der Waals surface area contributed by atoms with Crippen LogP contribution in [0.5, 0.6) is 5.75 Å². The Morgan fingerprint density at radius 2 is 2.03 bits per heavy atom. The van der Waals surface area contributed by atoms with Gasteiger partial charge in [0.2, 0.25) is 5.76 Å². The molecule has 0 amide bonds. The van der Waals surface area contributed by atoms with E-state index in [0.29, 0.717) is 49.5 Å². The van der Waals surface area contributed by atoms with Gasteiger partial charge in [-0.2, -0.15) is 13.2 Å². The lowest BCUT2D eigenvalue weighted by Gasteiger charge is -2.18. The summed E-state index contributed by atoms with van der Waals surface area (Å²) in [5.41, 5.74) is 0.612. The van der Waals surface area contributed by atoms with Crippen molar-refractivity contribution in [1.82, 2.24) is 15.1 Å². The van der Waals surface area contributed by atoms with Gasteiger partial charge in [-0.25, -0.2) is 14.8 Å². The van der Waals surface area contributed by atoms with Crippen molar-refractivity contribution in [3.8, 4) is 5.75 Å². The van der Waals surface area contributed by atoms with Crippen molar-refractivity contribution in [3.63, 3.8) is 0 Å². The van der Waals surface area contributed by atoms with Gasteiger partial charge in [-0.05, 0) is 25.0 Å². The lowest BCUT2D eigenvalue weighted by atomic mass is 10.0. The number of aromatic carboxylic acids is 1. The number of aromatic nitrogens is 3. The van der Waals surface area contributed by atoms with E-state index in [1.165, 1.54) is 24.5 Å². The zero-order valence-corrected chi connectivity index (χ0v) is 16.9. The second kappa shape index (κ2) is 9.19. The standard InChI is InChI=1S/C20H21F3N4O4/c1-3-5-12-15(7-6-13-17(12)26-31-18(13)20(21,22)23)30-9-4-8-27(2)16-11-24-14(10-25-16)19(28)29/h6-7,10-11H,3-5,8-9H2,1-2H3,(H,28,29). The molecular formula is C20H21F3N4O4. The predicted octanol–water partition coefficient (Wildman–Crippen LogP) is 4.19. The van der Waals surface area contributed by atoms with Crippen molar-refractivity contribution >= 4 is 22.7 Å². The van der Waals surface area contributed by atoms with E-state index < -0.39 is 17.9 Å². The van der Waals surface area contributed by atoms with E-state index in [2.05, 4.69) is 19.6 Å². The number of fused-ring (bicyclic) bond motifs is 1. The molecule has 3 aromatic rings. The van der Waals surface area contributed by atoms with Crippen LogP contribution >= 0.6 is 0 Å². The van der Waals surface area contributed by atoms with Crippen LogP contribution in [0.4, 0.5) is 19.0 Å². The first-order valence-corrected chi connectivity index (χ1v) is 9.60. The van der Waals surface area contributed by atoms with Gasteiger partial charge in [0.05, 0.1) is 24.4 Å².